The first-order valence-electron chi connectivity index (χ1n) is 5.19. The third kappa shape index (κ3) is 2.39. The minimum atomic E-state index is -3.28. The minimum absolute atomic E-state index is 0.140. The molecule has 0 aromatic carbocycles. The average Bonchev–Trinajstić information content (AvgIpc) is 2.77. The van der Waals surface area contributed by atoms with Crippen molar-refractivity contribution >= 4 is 9.84 Å². The van der Waals surface area contributed by atoms with Crippen LogP contribution in [-0.2, 0) is 16.4 Å². The van der Waals surface area contributed by atoms with E-state index in [1.54, 1.807) is 13.1 Å². The highest BCUT2D eigenvalue weighted by Gasteiger charge is 2.13. The van der Waals surface area contributed by atoms with E-state index in [-0.39, 0.29) is 11.4 Å². The first-order chi connectivity index (χ1) is 8.41. The summed E-state index contributed by atoms with van der Waals surface area (Å²) in [7, 11) is -3.28. The maximum atomic E-state index is 11.4. The first-order valence-corrected chi connectivity index (χ1v) is 7.08. The molecule has 0 unspecified atom stereocenters. The highest BCUT2D eigenvalue weighted by Crippen LogP contribution is 2.13. The van der Waals surface area contributed by atoms with Crippen LogP contribution in [0.4, 0.5) is 0 Å². The molecular weight excluding hydrogens is 254 g/mol. The number of nitrogens with two attached hydrogens (primary N) is 1. The van der Waals surface area contributed by atoms with Gasteiger partial charge in [-0.1, -0.05) is 0 Å². The number of hydrogen-bond acceptors (Lipinski definition) is 6. The second-order valence-corrected chi connectivity index (χ2v) is 5.88. The number of aryl methyl sites for hydroxylation is 1. The van der Waals surface area contributed by atoms with Crippen LogP contribution in [-0.4, -0.2) is 34.4 Å². The lowest BCUT2D eigenvalue weighted by Crippen LogP contribution is -2.09. The Hall–Kier alpha value is -1.80. The smallest absolute Gasteiger partial charge is 0.178 e. The molecule has 0 bridgehead atoms. The summed E-state index contributed by atoms with van der Waals surface area (Å²) in [4.78, 5) is 8.41. The van der Waals surface area contributed by atoms with E-state index in [9.17, 15) is 8.42 Å². The average molecular weight is 267 g/mol. The number of nitrogens with zero attached hydrogens (tertiary/aromatic N) is 4. The summed E-state index contributed by atoms with van der Waals surface area (Å²) in [5, 5.41) is 3.99. The summed E-state index contributed by atoms with van der Waals surface area (Å²) in [5.74, 6) is 1.07. The fraction of sp³-hybridized carbons (Fsp3) is 0.300. The van der Waals surface area contributed by atoms with Crippen molar-refractivity contribution in [2.75, 3.05) is 6.26 Å². The van der Waals surface area contributed by atoms with Gasteiger partial charge in [-0.05, 0) is 6.92 Å². The van der Waals surface area contributed by atoms with Crippen molar-refractivity contribution in [3.8, 4) is 5.82 Å². The van der Waals surface area contributed by atoms with Gasteiger partial charge in [0, 0.05) is 24.6 Å². The molecule has 7 nitrogen and oxygen atoms in total. The predicted octanol–water partition coefficient (Wildman–Crippen LogP) is -0.167. The van der Waals surface area contributed by atoms with Crippen molar-refractivity contribution < 1.29 is 8.42 Å². The minimum Gasteiger partial charge on any atom is -0.326 e. The van der Waals surface area contributed by atoms with E-state index in [1.807, 2.05) is 0 Å². The lowest BCUT2D eigenvalue weighted by atomic mass is 10.3. The summed E-state index contributed by atoms with van der Waals surface area (Å²) >= 11 is 0. The lowest BCUT2D eigenvalue weighted by molar-refractivity contribution is 0.602. The Morgan fingerprint density at radius 1 is 1.39 bits per heavy atom. The van der Waals surface area contributed by atoms with E-state index in [2.05, 4.69) is 15.1 Å². The van der Waals surface area contributed by atoms with Gasteiger partial charge in [0.1, 0.15) is 10.7 Å². The van der Waals surface area contributed by atoms with E-state index in [4.69, 9.17) is 5.73 Å². The third-order valence-electron chi connectivity index (χ3n) is 2.39. The highest BCUT2D eigenvalue weighted by molar-refractivity contribution is 7.90. The standard InChI is InChI=1S/C10H13N5O2S/c1-7-12-4-8(3-11)10(14-7)15-6-9(5-13-15)18(2,16)17/h4-6H,3,11H2,1-2H3. The lowest BCUT2D eigenvalue weighted by Gasteiger charge is -2.06. The first kappa shape index (κ1) is 12.7. The molecule has 0 aliphatic carbocycles. The quantitative estimate of drug-likeness (QED) is 0.828. The van der Waals surface area contributed by atoms with Crippen molar-refractivity contribution in [2.45, 2.75) is 18.4 Å². The molecule has 0 fully saturated rings. The van der Waals surface area contributed by atoms with Crippen LogP contribution in [0.2, 0.25) is 0 Å². The maximum Gasteiger partial charge on any atom is 0.178 e. The van der Waals surface area contributed by atoms with Crippen molar-refractivity contribution in [1.29, 1.82) is 0 Å². The van der Waals surface area contributed by atoms with E-state index < -0.39 is 9.84 Å². The van der Waals surface area contributed by atoms with Gasteiger partial charge in [-0.3, -0.25) is 0 Å². The summed E-state index contributed by atoms with van der Waals surface area (Å²) < 4.78 is 24.2. The van der Waals surface area contributed by atoms with Crippen molar-refractivity contribution in [2.24, 2.45) is 5.73 Å². The Balaban J connectivity index is 2.55. The summed E-state index contributed by atoms with van der Waals surface area (Å²) in [6, 6.07) is 0. The van der Waals surface area contributed by atoms with Crippen molar-refractivity contribution in [3.63, 3.8) is 0 Å². The predicted molar refractivity (Wildman–Crippen MR) is 64.9 cm³/mol. The molecular formula is C10H13N5O2S. The SMILES string of the molecule is Cc1ncc(CN)c(-n2cc(S(C)(=O)=O)cn2)n1. The molecule has 0 saturated carbocycles. The fourth-order valence-electron chi connectivity index (χ4n) is 1.44. The van der Waals surface area contributed by atoms with Crippen LogP contribution in [0.25, 0.3) is 5.82 Å². The van der Waals surface area contributed by atoms with Gasteiger partial charge in [-0.15, -0.1) is 0 Å². The second-order valence-electron chi connectivity index (χ2n) is 3.86. The molecule has 2 aromatic heterocycles. The molecule has 2 rings (SSSR count). The van der Waals surface area contributed by atoms with Gasteiger partial charge in [0.15, 0.2) is 15.7 Å². The molecule has 0 aliphatic heterocycles. The van der Waals surface area contributed by atoms with Gasteiger partial charge in [0.2, 0.25) is 0 Å². The van der Waals surface area contributed by atoms with Gasteiger partial charge in [0.05, 0.1) is 12.4 Å². The largest absolute Gasteiger partial charge is 0.326 e. The molecule has 8 heteroatoms. The van der Waals surface area contributed by atoms with Gasteiger partial charge < -0.3 is 5.73 Å². The Bertz CT molecular complexity index is 677. The van der Waals surface area contributed by atoms with Crippen LogP contribution < -0.4 is 5.73 Å². The topological polar surface area (TPSA) is 104 Å². The van der Waals surface area contributed by atoms with Gasteiger partial charge in [0.25, 0.3) is 0 Å². The van der Waals surface area contributed by atoms with Gasteiger partial charge in [-0.25, -0.2) is 23.1 Å². The summed E-state index contributed by atoms with van der Waals surface area (Å²) in [6.45, 7) is 1.99. The van der Waals surface area contributed by atoms with Crippen LogP contribution in [0.1, 0.15) is 11.4 Å². The zero-order valence-corrected chi connectivity index (χ0v) is 10.8. The van der Waals surface area contributed by atoms with Crippen LogP contribution in [0.3, 0.4) is 0 Å². The Morgan fingerprint density at radius 3 is 2.67 bits per heavy atom. The Labute approximate surface area is 105 Å². The maximum absolute atomic E-state index is 11.4. The van der Waals surface area contributed by atoms with E-state index >= 15 is 0 Å². The van der Waals surface area contributed by atoms with Gasteiger partial charge in [-0.2, -0.15) is 5.10 Å². The zero-order valence-electron chi connectivity index (χ0n) is 10.0. The molecule has 2 N–H and O–H groups in total. The number of sulfone groups is 1. The monoisotopic (exact) mass is 267 g/mol. The normalized spacial score (nSPS) is 11.7. The molecule has 0 saturated heterocycles. The molecule has 2 heterocycles. The molecule has 96 valence electrons. The molecule has 0 atom stereocenters. The van der Waals surface area contributed by atoms with Crippen molar-refractivity contribution in [1.82, 2.24) is 19.7 Å². The molecule has 0 spiro atoms. The van der Waals surface area contributed by atoms with Crippen LogP contribution in [0, 0.1) is 6.92 Å². The summed E-state index contributed by atoms with van der Waals surface area (Å²) in [5.41, 5.74) is 6.29. The molecule has 0 radical (unpaired) electrons. The number of hydrogen-bond donors (Lipinski definition) is 1. The Kier molecular flexibility index (Phi) is 3.14. The summed E-state index contributed by atoms with van der Waals surface area (Å²) in [6.07, 6.45) is 5.44. The molecule has 18 heavy (non-hydrogen) atoms. The molecule has 2 aromatic rings. The fourth-order valence-corrected chi connectivity index (χ4v) is 1.97. The number of rotatable bonds is 3. The van der Waals surface area contributed by atoms with Crippen LogP contribution in [0.15, 0.2) is 23.5 Å². The second kappa shape index (κ2) is 4.46. The van der Waals surface area contributed by atoms with Crippen LogP contribution in [0.5, 0.6) is 0 Å². The van der Waals surface area contributed by atoms with Crippen LogP contribution >= 0.6 is 0 Å². The highest BCUT2D eigenvalue weighted by atomic mass is 32.2. The molecule has 0 amide bonds. The van der Waals surface area contributed by atoms with E-state index in [1.165, 1.54) is 17.1 Å². The third-order valence-corrected chi connectivity index (χ3v) is 3.45. The zero-order chi connectivity index (χ0) is 13.3. The molecule has 0 aliphatic rings. The number of aromatic nitrogens is 4. The van der Waals surface area contributed by atoms with E-state index in [0.29, 0.717) is 17.2 Å². The van der Waals surface area contributed by atoms with Crippen molar-refractivity contribution in [3.05, 3.63) is 30.0 Å². The van der Waals surface area contributed by atoms with E-state index in [0.717, 1.165) is 6.26 Å². The van der Waals surface area contributed by atoms with Gasteiger partial charge >= 0.3 is 0 Å². The Morgan fingerprint density at radius 2 is 2.11 bits per heavy atom.